The molecule has 0 saturated carbocycles. The van der Waals surface area contributed by atoms with E-state index >= 15 is 0 Å². The molecule has 0 amide bonds. The van der Waals surface area contributed by atoms with Crippen LogP contribution in [0.1, 0.15) is 33.4 Å². The highest BCUT2D eigenvalue weighted by Gasteiger charge is 2.22. The smallest absolute Gasteiger partial charge is 0.242 e. The van der Waals surface area contributed by atoms with Crippen molar-refractivity contribution in [3.63, 3.8) is 0 Å². The summed E-state index contributed by atoms with van der Waals surface area (Å²) < 4.78 is 26.9. The van der Waals surface area contributed by atoms with E-state index in [-0.39, 0.29) is 9.64 Å². The quantitative estimate of drug-likeness (QED) is 0.684. The molecule has 3 N–H and O–H groups in total. The first-order valence-electron chi connectivity index (χ1n) is 6.62. The highest BCUT2D eigenvalue weighted by molar-refractivity contribution is 8.00. The van der Waals surface area contributed by atoms with Gasteiger partial charge in [0.05, 0.1) is 4.90 Å². The van der Waals surface area contributed by atoms with Crippen molar-refractivity contribution < 1.29 is 8.42 Å². The van der Waals surface area contributed by atoms with Crippen LogP contribution in [0, 0.1) is 0 Å². The summed E-state index contributed by atoms with van der Waals surface area (Å²) in [7, 11) is -3.44. The van der Waals surface area contributed by atoms with E-state index in [4.69, 9.17) is 0 Å². The van der Waals surface area contributed by atoms with Gasteiger partial charge in [0, 0.05) is 35.8 Å². The molecular weight excluding hydrogens is 294 g/mol. The van der Waals surface area contributed by atoms with Gasteiger partial charge < -0.3 is 10.3 Å². The van der Waals surface area contributed by atoms with E-state index in [1.54, 1.807) is 17.8 Å². The number of rotatable bonds is 8. The van der Waals surface area contributed by atoms with Gasteiger partial charge in [-0.3, -0.25) is 0 Å². The summed E-state index contributed by atoms with van der Waals surface area (Å²) >= 11 is 1.63. The van der Waals surface area contributed by atoms with Gasteiger partial charge in [-0.15, -0.1) is 0 Å². The van der Waals surface area contributed by atoms with Gasteiger partial charge in [0.1, 0.15) is 0 Å². The fraction of sp³-hybridized carbons (Fsp3) is 0.692. The predicted octanol–water partition coefficient (Wildman–Crippen LogP) is 1.93. The van der Waals surface area contributed by atoms with E-state index in [1.807, 2.05) is 34.0 Å². The van der Waals surface area contributed by atoms with E-state index in [0.29, 0.717) is 19.1 Å². The van der Waals surface area contributed by atoms with Gasteiger partial charge in [-0.2, -0.15) is 11.8 Å². The second kappa shape index (κ2) is 6.98. The lowest BCUT2D eigenvalue weighted by atomic mass is 10.2. The molecule has 0 saturated heterocycles. The normalized spacial score (nSPS) is 13.1. The fourth-order valence-corrected chi connectivity index (χ4v) is 2.95. The summed E-state index contributed by atoms with van der Waals surface area (Å²) in [5, 5.41) is 3.24. The second-order valence-electron chi connectivity index (χ2n) is 5.68. The Morgan fingerprint density at radius 1 is 1.40 bits per heavy atom. The van der Waals surface area contributed by atoms with Crippen LogP contribution in [0.2, 0.25) is 0 Å². The maximum atomic E-state index is 12.2. The van der Waals surface area contributed by atoms with Gasteiger partial charge in [0.15, 0.2) is 0 Å². The van der Waals surface area contributed by atoms with Gasteiger partial charge in [0.2, 0.25) is 10.0 Å². The minimum atomic E-state index is -3.44. The third-order valence-corrected chi connectivity index (χ3v) is 5.60. The summed E-state index contributed by atoms with van der Waals surface area (Å²) in [4.78, 5) is 3.28. The first kappa shape index (κ1) is 17.6. The number of H-pyrrole nitrogens is 1. The van der Waals surface area contributed by atoms with Crippen LogP contribution in [0.5, 0.6) is 0 Å². The third kappa shape index (κ3) is 5.47. The summed E-state index contributed by atoms with van der Waals surface area (Å²) in [5.41, 5.74) is 0.864. The number of thioether (sulfide) groups is 1. The topological polar surface area (TPSA) is 74.0 Å². The molecule has 1 aromatic rings. The molecule has 5 nitrogen and oxygen atoms in total. The minimum absolute atomic E-state index is 0.120. The maximum Gasteiger partial charge on any atom is 0.242 e. The molecule has 116 valence electrons. The van der Waals surface area contributed by atoms with Gasteiger partial charge in [-0.25, -0.2) is 13.1 Å². The highest BCUT2D eigenvalue weighted by Crippen LogP contribution is 2.21. The third-order valence-electron chi connectivity index (χ3n) is 2.97. The number of hydrogen-bond donors (Lipinski definition) is 3. The Labute approximate surface area is 126 Å². The lowest BCUT2D eigenvalue weighted by molar-refractivity contribution is 0.570. The van der Waals surface area contributed by atoms with Crippen molar-refractivity contribution in [3.05, 3.63) is 18.0 Å². The van der Waals surface area contributed by atoms with Crippen molar-refractivity contribution in [1.82, 2.24) is 15.0 Å². The molecule has 1 rings (SSSR count). The Hall–Kier alpha value is -0.500. The van der Waals surface area contributed by atoms with E-state index in [1.165, 1.54) is 6.20 Å². The number of hydrogen-bond acceptors (Lipinski definition) is 4. The van der Waals surface area contributed by atoms with E-state index in [0.717, 1.165) is 5.69 Å². The average molecular weight is 319 g/mol. The van der Waals surface area contributed by atoms with Crippen LogP contribution >= 0.6 is 11.8 Å². The molecule has 1 aromatic heterocycles. The van der Waals surface area contributed by atoms with Crippen LogP contribution in [0.15, 0.2) is 17.2 Å². The summed E-state index contributed by atoms with van der Waals surface area (Å²) in [6.45, 7) is 9.15. The van der Waals surface area contributed by atoms with Crippen LogP contribution < -0.4 is 10.0 Å². The summed E-state index contributed by atoms with van der Waals surface area (Å²) in [6, 6.07) is 2.03. The van der Waals surface area contributed by atoms with Crippen molar-refractivity contribution in [2.45, 2.75) is 49.9 Å². The molecule has 20 heavy (non-hydrogen) atoms. The van der Waals surface area contributed by atoms with Crippen molar-refractivity contribution in [1.29, 1.82) is 0 Å². The first-order chi connectivity index (χ1) is 9.16. The molecular formula is C13H25N3O2S2. The van der Waals surface area contributed by atoms with Gasteiger partial charge in [-0.05, 0) is 26.2 Å². The average Bonchev–Trinajstić information content (AvgIpc) is 2.84. The first-order valence-corrected chi connectivity index (χ1v) is 9.32. The van der Waals surface area contributed by atoms with Crippen LogP contribution in [-0.4, -0.2) is 37.0 Å². The highest BCUT2D eigenvalue weighted by atomic mass is 32.2. The van der Waals surface area contributed by atoms with Crippen molar-refractivity contribution in [3.8, 4) is 0 Å². The molecule has 1 heterocycles. The molecule has 0 unspecified atom stereocenters. The van der Waals surface area contributed by atoms with E-state index < -0.39 is 10.0 Å². The Bertz CT molecular complexity index is 521. The molecule has 0 aliphatic carbocycles. The van der Waals surface area contributed by atoms with Crippen LogP contribution in [0.3, 0.4) is 0 Å². The van der Waals surface area contributed by atoms with Crippen LogP contribution in [-0.2, 0) is 16.6 Å². The van der Waals surface area contributed by atoms with Gasteiger partial charge in [-0.1, -0.05) is 13.8 Å². The zero-order valence-corrected chi connectivity index (χ0v) is 14.4. The van der Waals surface area contributed by atoms with Crippen molar-refractivity contribution in [2.75, 3.05) is 12.8 Å². The minimum Gasteiger partial charge on any atom is -0.363 e. The molecule has 0 radical (unpaired) electrons. The molecule has 0 aromatic carbocycles. The summed E-state index contributed by atoms with van der Waals surface area (Å²) in [6.07, 6.45) is 3.51. The van der Waals surface area contributed by atoms with Crippen molar-refractivity contribution >= 4 is 21.8 Å². The van der Waals surface area contributed by atoms with Gasteiger partial charge in [0.25, 0.3) is 0 Å². The zero-order chi connectivity index (χ0) is 15.4. The van der Waals surface area contributed by atoms with E-state index in [9.17, 15) is 8.42 Å². The number of nitrogens with one attached hydrogen (secondary N) is 3. The lowest BCUT2D eigenvalue weighted by Gasteiger charge is -2.21. The summed E-state index contributed by atoms with van der Waals surface area (Å²) in [5.74, 6) is 0. The van der Waals surface area contributed by atoms with E-state index in [2.05, 4.69) is 15.0 Å². The Kier molecular flexibility index (Phi) is 6.12. The number of sulfonamides is 1. The molecule has 0 aliphatic rings. The molecule has 7 heteroatoms. The number of aromatic nitrogens is 1. The van der Waals surface area contributed by atoms with Crippen molar-refractivity contribution in [2.24, 2.45) is 0 Å². The Morgan fingerprint density at radius 2 is 2.05 bits per heavy atom. The largest absolute Gasteiger partial charge is 0.363 e. The molecule has 0 spiro atoms. The SMILES string of the molecule is CSC(C)(C)CNS(=O)(=O)c1c[nH]c(CNC(C)C)c1. The van der Waals surface area contributed by atoms with Gasteiger partial charge >= 0.3 is 0 Å². The fourth-order valence-electron chi connectivity index (χ4n) is 1.41. The maximum absolute atomic E-state index is 12.2. The number of aromatic amines is 1. The standard InChI is InChI=1S/C13H25N3O2S2/c1-10(2)14-7-11-6-12(8-15-11)20(17,18)16-9-13(3,4)19-5/h6,8,10,14-16H,7,9H2,1-5H3. The van der Waals surface area contributed by atoms with Crippen LogP contribution in [0.4, 0.5) is 0 Å². The molecule has 0 bridgehead atoms. The molecule has 0 fully saturated rings. The Balaban J connectivity index is 2.69. The monoisotopic (exact) mass is 319 g/mol. The second-order valence-corrected chi connectivity index (χ2v) is 8.96. The predicted molar refractivity (Wildman–Crippen MR) is 85.6 cm³/mol. The lowest BCUT2D eigenvalue weighted by Crippen LogP contribution is -2.35. The van der Waals surface area contributed by atoms with Crippen LogP contribution in [0.25, 0.3) is 0 Å². The Morgan fingerprint density at radius 3 is 2.60 bits per heavy atom. The zero-order valence-electron chi connectivity index (χ0n) is 12.8. The molecule has 0 atom stereocenters. The molecule has 0 aliphatic heterocycles.